The monoisotopic (exact) mass is 219 g/mol. The molecule has 0 bridgehead atoms. The van der Waals surface area contributed by atoms with Gasteiger partial charge in [-0.1, -0.05) is 13.8 Å². The van der Waals surface area contributed by atoms with Gasteiger partial charge in [-0.05, 0) is 38.0 Å². The summed E-state index contributed by atoms with van der Waals surface area (Å²) in [5.41, 5.74) is 1.02. The Bertz CT molecular complexity index is 351. The van der Waals surface area contributed by atoms with Crippen molar-refractivity contribution in [1.82, 2.24) is 9.97 Å². The van der Waals surface area contributed by atoms with Gasteiger partial charge in [0, 0.05) is 17.8 Å². The minimum absolute atomic E-state index is 0.584. The number of nitrogens with zero attached hydrogens (tertiary/aromatic N) is 2. The van der Waals surface area contributed by atoms with Crippen molar-refractivity contribution in [3.05, 3.63) is 18.1 Å². The van der Waals surface area contributed by atoms with Crippen molar-refractivity contribution >= 4 is 5.82 Å². The average Bonchev–Trinajstić information content (AvgIpc) is 2.24. The van der Waals surface area contributed by atoms with Crippen LogP contribution in [-0.4, -0.2) is 16.0 Å². The molecule has 1 aromatic rings. The topological polar surface area (TPSA) is 37.8 Å². The lowest BCUT2D eigenvalue weighted by Crippen LogP contribution is -2.30. The van der Waals surface area contributed by atoms with Crippen molar-refractivity contribution in [2.75, 3.05) is 5.32 Å². The van der Waals surface area contributed by atoms with E-state index in [1.807, 2.05) is 13.0 Å². The molecule has 1 fully saturated rings. The van der Waals surface area contributed by atoms with Gasteiger partial charge in [0.05, 0.1) is 0 Å². The fourth-order valence-corrected chi connectivity index (χ4v) is 2.42. The summed E-state index contributed by atoms with van der Waals surface area (Å²) < 4.78 is 0. The van der Waals surface area contributed by atoms with E-state index in [-0.39, 0.29) is 0 Å². The van der Waals surface area contributed by atoms with E-state index in [0.29, 0.717) is 6.04 Å². The molecule has 16 heavy (non-hydrogen) atoms. The third-order valence-corrected chi connectivity index (χ3v) is 3.75. The molecule has 3 heteroatoms. The molecule has 2 rings (SSSR count). The number of anilines is 1. The van der Waals surface area contributed by atoms with Crippen LogP contribution in [0, 0.1) is 18.8 Å². The van der Waals surface area contributed by atoms with Gasteiger partial charge in [-0.3, -0.25) is 0 Å². The largest absolute Gasteiger partial charge is 0.367 e. The highest BCUT2D eigenvalue weighted by Crippen LogP contribution is 2.30. The molecule has 0 aromatic carbocycles. The Balaban J connectivity index is 1.95. The van der Waals surface area contributed by atoms with Crippen molar-refractivity contribution in [3.8, 4) is 0 Å². The van der Waals surface area contributed by atoms with Crippen molar-refractivity contribution in [3.63, 3.8) is 0 Å². The van der Waals surface area contributed by atoms with E-state index in [9.17, 15) is 0 Å². The maximum Gasteiger partial charge on any atom is 0.129 e. The van der Waals surface area contributed by atoms with Crippen molar-refractivity contribution in [2.45, 2.75) is 46.1 Å². The van der Waals surface area contributed by atoms with Crippen molar-refractivity contribution in [1.29, 1.82) is 0 Å². The van der Waals surface area contributed by atoms with E-state index in [1.165, 1.54) is 19.3 Å². The second kappa shape index (κ2) is 4.81. The van der Waals surface area contributed by atoms with E-state index in [1.54, 1.807) is 6.33 Å². The van der Waals surface area contributed by atoms with Crippen LogP contribution in [-0.2, 0) is 0 Å². The number of hydrogen-bond acceptors (Lipinski definition) is 3. The molecular weight excluding hydrogens is 198 g/mol. The number of aromatic nitrogens is 2. The van der Waals surface area contributed by atoms with E-state index >= 15 is 0 Å². The van der Waals surface area contributed by atoms with Gasteiger partial charge < -0.3 is 5.32 Å². The van der Waals surface area contributed by atoms with Crippen LogP contribution in [0.1, 0.15) is 38.8 Å². The summed E-state index contributed by atoms with van der Waals surface area (Å²) in [7, 11) is 0. The van der Waals surface area contributed by atoms with Gasteiger partial charge in [-0.25, -0.2) is 9.97 Å². The van der Waals surface area contributed by atoms with Crippen LogP contribution in [0.5, 0.6) is 0 Å². The van der Waals surface area contributed by atoms with E-state index in [0.717, 1.165) is 23.3 Å². The van der Waals surface area contributed by atoms with E-state index in [2.05, 4.69) is 29.1 Å². The van der Waals surface area contributed by atoms with E-state index < -0.39 is 0 Å². The summed E-state index contributed by atoms with van der Waals surface area (Å²) in [6, 6.07) is 2.60. The molecule has 88 valence electrons. The van der Waals surface area contributed by atoms with Gasteiger partial charge in [0.1, 0.15) is 12.1 Å². The van der Waals surface area contributed by atoms with Gasteiger partial charge in [-0.2, -0.15) is 0 Å². The highest BCUT2D eigenvalue weighted by molar-refractivity contribution is 5.35. The second-order valence-corrected chi connectivity index (χ2v) is 5.15. The zero-order valence-electron chi connectivity index (χ0n) is 10.4. The maximum atomic E-state index is 4.26. The quantitative estimate of drug-likeness (QED) is 0.830. The van der Waals surface area contributed by atoms with Crippen LogP contribution in [0.4, 0.5) is 5.82 Å². The molecule has 3 nitrogen and oxygen atoms in total. The first kappa shape index (κ1) is 11.4. The predicted octanol–water partition coefficient (Wildman–Crippen LogP) is 3.02. The van der Waals surface area contributed by atoms with E-state index in [4.69, 9.17) is 0 Å². The Kier molecular flexibility index (Phi) is 3.42. The summed E-state index contributed by atoms with van der Waals surface area (Å²) in [6.07, 6.45) is 5.47. The van der Waals surface area contributed by atoms with Crippen LogP contribution < -0.4 is 5.32 Å². The van der Waals surface area contributed by atoms with Crippen LogP contribution in [0.15, 0.2) is 12.4 Å². The first-order valence-corrected chi connectivity index (χ1v) is 6.20. The fraction of sp³-hybridized carbons (Fsp3) is 0.692. The molecule has 1 aliphatic carbocycles. The Morgan fingerprint density at radius 3 is 2.69 bits per heavy atom. The molecule has 1 heterocycles. The van der Waals surface area contributed by atoms with Crippen LogP contribution in [0.2, 0.25) is 0 Å². The number of nitrogens with one attached hydrogen (secondary N) is 1. The first-order valence-electron chi connectivity index (χ1n) is 6.20. The minimum atomic E-state index is 0.584. The third kappa shape index (κ3) is 2.71. The average molecular weight is 219 g/mol. The first-order chi connectivity index (χ1) is 7.65. The SMILES string of the molecule is Cc1cc(NC2CCC(C)C(C)C2)ncn1. The van der Waals surface area contributed by atoms with Crippen LogP contribution >= 0.6 is 0 Å². The Hall–Kier alpha value is -1.12. The summed E-state index contributed by atoms with van der Waals surface area (Å²) in [5, 5.41) is 3.52. The summed E-state index contributed by atoms with van der Waals surface area (Å²) in [6.45, 7) is 6.71. The summed E-state index contributed by atoms with van der Waals surface area (Å²) in [5.74, 6) is 2.65. The number of hydrogen-bond donors (Lipinski definition) is 1. The fourth-order valence-electron chi connectivity index (χ4n) is 2.42. The third-order valence-electron chi connectivity index (χ3n) is 3.75. The predicted molar refractivity (Wildman–Crippen MR) is 66.4 cm³/mol. The van der Waals surface area contributed by atoms with Gasteiger partial charge in [0.25, 0.3) is 0 Å². The lowest BCUT2D eigenvalue weighted by molar-refractivity contribution is 0.260. The molecule has 0 spiro atoms. The molecule has 3 unspecified atom stereocenters. The molecule has 1 saturated carbocycles. The molecule has 1 aromatic heterocycles. The van der Waals surface area contributed by atoms with Gasteiger partial charge in [-0.15, -0.1) is 0 Å². The van der Waals surface area contributed by atoms with Crippen molar-refractivity contribution in [2.24, 2.45) is 11.8 Å². The molecule has 0 radical (unpaired) electrons. The zero-order chi connectivity index (χ0) is 11.5. The molecule has 3 atom stereocenters. The lowest BCUT2D eigenvalue weighted by atomic mass is 9.79. The van der Waals surface area contributed by atoms with Gasteiger partial charge >= 0.3 is 0 Å². The molecular formula is C13H21N3. The summed E-state index contributed by atoms with van der Waals surface area (Å²) >= 11 is 0. The molecule has 1 N–H and O–H groups in total. The normalized spacial score (nSPS) is 30.1. The number of aryl methyl sites for hydroxylation is 1. The second-order valence-electron chi connectivity index (χ2n) is 5.15. The molecule has 0 saturated heterocycles. The molecule has 0 amide bonds. The Labute approximate surface area is 97.7 Å². The van der Waals surface area contributed by atoms with Crippen LogP contribution in [0.25, 0.3) is 0 Å². The molecule has 0 aliphatic heterocycles. The van der Waals surface area contributed by atoms with Crippen LogP contribution in [0.3, 0.4) is 0 Å². The van der Waals surface area contributed by atoms with Gasteiger partial charge in [0.15, 0.2) is 0 Å². The Morgan fingerprint density at radius 1 is 1.19 bits per heavy atom. The standard InChI is InChI=1S/C13H21N3/c1-9-4-5-12(6-10(9)2)16-13-7-11(3)14-8-15-13/h7-10,12H,4-6H2,1-3H3,(H,14,15,16). The zero-order valence-corrected chi connectivity index (χ0v) is 10.4. The smallest absolute Gasteiger partial charge is 0.129 e. The summed E-state index contributed by atoms with van der Waals surface area (Å²) in [4.78, 5) is 8.36. The highest BCUT2D eigenvalue weighted by Gasteiger charge is 2.24. The maximum absolute atomic E-state index is 4.26. The van der Waals surface area contributed by atoms with Gasteiger partial charge in [0.2, 0.25) is 0 Å². The lowest BCUT2D eigenvalue weighted by Gasteiger charge is -2.32. The van der Waals surface area contributed by atoms with Crippen molar-refractivity contribution < 1.29 is 0 Å². The number of rotatable bonds is 2. The Morgan fingerprint density at radius 2 is 2.00 bits per heavy atom. The molecule has 1 aliphatic rings. The highest BCUT2D eigenvalue weighted by atomic mass is 15.0. The minimum Gasteiger partial charge on any atom is -0.367 e.